The van der Waals surface area contributed by atoms with Gasteiger partial charge in [-0.2, -0.15) is 0 Å². The quantitative estimate of drug-likeness (QED) is 0.137. The standard InChI is InChI=1S/C25H20O9/c1-13(26)8-20(29)17(9-15-4-7-19(28)22(31)11-15)24-23(32)12-16(34-25(24)33)5-2-14-3-6-18(27)21(30)10-14/h2-12,27-32H,1H3/b5-2+,17-9+,20-8-. The van der Waals surface area contributed by atoms with Crippen molar-refractivity contribution < 1.29 is 39.9 Å². The second-order valence-corrected chi connectivity index (χ2v) is 7.22. The predicted molar refractivity (Wildman–Crippen MR) is 124 cm³/mol. The lowest BCUT2D eigenvalue weighted by Crippen LogP contribution is -2.09. The van der Waals surface area contributed by atoms with Crippen molar-refractivity contribution in [1.29, 1.82) is 0 Å². The molecule has 0 spiro atoms. The number of phenolic OH excluding ortho intramolecular Hbond substituents is 4. The van der Waals surface area contributed by atoms with Crippen LogP contribution in [-0.2, 0) is 4.79 Å². The van der Waals surface area contributed by atoms with Crippen molar-refractivity contribution in [3.05, 3.63) is 87.2 Å². The average molecular weight is 464 g/mol. The van der Waals surface area contributed by atoms with E-state index in [2.05, 4.69) is 0 Å². The van der Waals surface area contributed by atoms with E-state index in [0.29, 0.717) is 5.56 Å². The SMILES string of the molecule is CC(=O)/C=C(O)/C(=C\c1ccc(O)c(O)c1)c1c(O)cc(/C=C/c2ccc(O)c(O)c2)oc1=O. The molecular formula is C25H20O9. The van der Waals surface area contributed by atoms with Gasteiger partial charge in [-0.1, -0.05) is 18.2 Å². The van der Waals surface area contributed by atoms with Gasteiger partial charge in [0.15, 0.2) is 28.8 Å². The Morgan fingerprint density at radius 2 is 1.38 bits per heavy atom. The van der Waals surface area contributed by atoms with Gasteiger partial charge in [0.25, 0.3) is 0 Å². The van der Waals surface area contributed by atoms with Crippen molar-refractivity contribution in [2.45, 2.75) is 6.92 Å². The molecule has 6 N–H and O–H groups in total. The number of allylic oxidation sites excluding steroid dienone is 2. The maximum atomic E-state index is 12.7. The maximum Gasteiger partial charge on any atom is 0.348 e. The summed E-state index contributed by atoms with van der Waals surface area (Å²) in [5, 5.41) is 59.2. The molecule has 1 aromatic heterocycles. The van der Waals surface area contributed by atoms with Crippen LogP contribution in [0.1, 0.15) is 29.4 Å². The first-order valence-electron chi connectivity index (χ1n) is 9.78. The van der Waals surface area contributed by atoms with Gasteiger partial charge in [-0.05, 0) is 54.5 Å². The Balaban J connectivity index is 2.09. The number of aliphatic hydroxyl groups is 1. The lowest BCUT2D eigenvalue weighted by Gasteiger charge is -2.09. The molecule has 9 nitrogen and oxygen atoms in total. The summed E-state index contributed by atoms with van der Waals surface area (Å²) in [6.07, 6.45) is 4.85. The molecule has 0 aliphatic carbocycles. The molecule has 2 aromatic carbocycles. The first-order valence-corrected chi connectivity index (χ1v) is 9.78. The summed E-state index contributed by atoms with van der Waals surface area (Å²) in [7, 11) is 0. The third kappa shape index (κ3) is 5.46. The van der Waals surface area contributed by atoms with Gasteiger partial charge in [0.05, 0.1) is 0 Å². The molecule has 34 heavy (non-hydrogen) atoms. The number of ketones is 1. The van der Waals surface area contributed by atoms with Crippen LogP contribution in [0.15, 0.2) is 63.5 Å². The molecule has 3 aromatic rings. The highest BCUT2D eigenvalue weighted by Crippen LogP contribution is 2.32. The third-order valence-corrected chi connectivity index (χ3v) is 4.59. The fraction of sp³-hybridized carbons (Fsp3) is 0.0400. The summed E-state index contributed by atoms with van der Waals surface area (Å²) in [5.41, 5.74) is -1.03. The van der Waals surface area contributed by atoms with Crippen molar-refractivity contribution in [2.24, 2.45) is 0 Å². The summed E-state index contributed by atoms with van der Waals surface area (Å²) in [5.74, 6) is -3.28. The molecule has 9 heteroatoms. The van der Waals surface area contributed by atoms with Crippen LogP contribution in [0, 0.1) is 0 Å². The maximum absolute atomic E-state index is 12.7. The van der Waals surface area contributed by atoms with Crippen molar-refractivity contribution in [3.8, 4) is 28.7 Å². The van der Waals surface area contributed by atoms with Crippen LogP contribution in [0.4, 0.5) is 0 Å². The number of phenols is 4. The van der Waals surface area contributed by atoms with Crippen molar-refractivity contribution in [1.82, 2.24) is 0 Å². The molecule has 0 fully saturated rings. The van der Waals surface area contributed by atoms with E-state index in [1.54, 1.807) is 0 Å². The van der Waals surface area contributed by atoms with Gasteiger partial charge in [0.1, 0.15) is 22.8 Å². The monoisotopic (exact) mass is 464 g/mol. The third-order valence-electron chi connectivity index (χ3n) is 4.59. The molecule has 0 saturated carbocycles. The van der Waals surface area contributed by atoms with Gasteiger partial charge in [0.2, 0.25) is 0 Å². The average Bonchev–Trinajstić information content (AvgIpc) is 2.75. The minimum absolute atomic E-state index is 0.0597. The van der Waals surface area contributed by atoms with Crippen LogP contribution in [-0.4, -0.2) is 36.4 Å². The van der Waals surface area contributed by atoms with E-state index in [1.165, 1.54) is 55.5 Å². The highest BCUT2D eigenvalue weighted by molar-refractivity contribution is 5.97. The molecular weight excluding hydrogens is 444 g/mol. The van der Waals surface area contributed by atoms with E-state index >= 15 is 0 Å². The number of aliphatic hydroxyl groups excluding tert-OH is 1. The van der Waals surface area contributed by atoms with Crippen molar-refractivity contribution in [2.75, 3.05) is 0 Å². The molecule has 3 rings (SSSR count). The molecule has 0 aliphatic heterocycles. The normalized spacial score (nSPS) is 12.3. The molecule has 0 saturated heterocycles. The molecule has 0 atom stereocenters. The molecule has 0 bridgehead atoms. The number of aromatic hydroxyl groups is 5. The Labute approximate surface area is 192 Å². The van der Waals surface area contributed by atoms with Crippen LogP contribution in [0.25, 0.3) is 23.8 Å². The predicted octanol–water partition coefficient (Wildman–Crippen LogP) is 3.91. The summed E-state index contributed by atoms with van der Waals surface area (Å²) >= 11 is 0. The number of rotatable bonds is 6. The lowest BCUT2D eigenvalue weighted by molar-refractivity contribution is -0.112. The van der Waals surface area contributed by atoms with Crippen LogP contribution >= 0.6 is 0 Å². The van der Waals surface area contributed by atoms with Crippen molar-refractivity contribution >= 4 is 29.6 Å². The van der Waals surface area contributed by atoms with Crippen molar-refractivity contribution in [3.63, 3.8) is 0 Å². The van der Waals surface area contributed by atoms with Gasteiger partial charge in [0, 0.05) is 17.7 Å². The van der Waals surface area contributed by atoms with E-state index in [-0.39, 0.29) is 34.1 Å². The van der Waals surface area contributed by atoms with E-state index < -0.39 is 34.2 Å². The first kappa shape index (κ1) is 23.7. The zero-order chi connectivity index (χ0) is 25.0. The number of benzene rings is 2. The van der Waals surface area contributed by atoms with Gasteiger partial charge < -0.3 is 35.1 Å². The molecule has 0 radical (unpaired) electrons. The zero-order valence-corrected chi connectivity index (χ0v) is 17.8. The molecule has 0 amide bonds. The molecule has 0 unspecified atom stereocenters. The second-order valence-electron chi connectivity index (χ2n) is 7.22. The highest BCUT2D eigenvalue weighted by atomic mass is 16.4. The molecule has 174 valence electrons. The largest absolute Gasteiger partial charge is 0.507 e. The zero-order valence-electron chi connectivity index (χ0n) is 17.8. The van der Waals surface area contributed by atoms with Crippen LogP contribution in [0.2, 0.25) is 0 Å². The Morgan fingerprint density at radius 1 is 0.794 bits per heavy atom. The van der Waals surface area contributed by atoms with Gasteiger partial charge in [-0.15, -0.1) is 0 Å². The molecule has 0 aliphatic rings. The molecule has 1 heterocycles. The Morgan fingerprint density at radius 3 is 1.94 bits per heavy atom. The van der Waals surface area contributed by atoms with Gasteiger partial charge >= 0.3 is 5.63 Å². The smallest absolute Gasteiger partial charge is 0.348 e. The number of carbonyl (C=O) groups excluding carboxylic acids is 1. The highest BCUT2D eigenvalue weighted by Gasteiger charge is 2.19. The second kappa shape index (κ2) is 9.70. The van der Waals surface area contributed by atoms with Crippen LogP contribution in [0.5, 0.6) is 28.7 Å². The lowest BCUT2D eigenvalue weighted by atomic mass is 10.0. The summed E-state index contributed by atoms with van der Waals surface area (Å²) in [6, 6.07) is 8.86. The summed E-state index contributed by atoms with van der Waals surface area (Å²) in [6.45, 7) is 1.18. The Kier molecular flexibility index (Phi) is 6.77. The fourth-order valence-corrected chi connectivity index (χ4v) is 2.99. The van der Waals surface area contributed by atoms with E-state index in [4.69, 9.17) is 4.42 Å². The van der Waals surface area contributed by atoms with Crippen LogP contribution in [0.3, 0.4) is 0 Å². The number of hydrogen-bond donors (Lipinski definition) is 6. The number of hydrogen-bond acceptors (Lipinski definition) is 9. The minimum atomic E-state index is -1.04. The minimum Gasteiger partial charge on any atom is -0.507 e. The Hall–Kier alpha value is -4.92. The Bertz CT molecular complexity index is 1410. The fourth-order valence-electron chi connectivity index (χ4n) is 2.99. The number of carbonyl (C=O) groups is 1. The topological polar surface area (TPSA) is 169 Å². The van der Waals surface area contributed by atoms with E-state index in [1.807, 2.05) is 0 Å². The first-order chi connectivity index (χ1) is 16.0. The van der Waals surface area contributed by atoms with Crippen LogP contribution < -0.4 is 5.63 Å². The van der Waals surface area contributed by atoms with E-state index in [9.17, 15) is 40.2 Å². The van der Waals surface area contributed by atoms with Gasteiger partial charge in [-0.3, -0.25) is 4.79 Å². The van der Waals surface area contributed by atoms with E-state index in [0.717, 1.165) is 18.2 Å². The summed E-state index contributed by atoms with van der Waals surface area (Å²) < 4.78 is 5.21. The summed E-state index contributed by atoms with van der Waals surface area (Å²) in [4.78, 5) is 24.2. The van der Waals surface area contributed by atoms with Gasteiger partial charge in [-0.25, -0.2) is 4.79 Å².